The lowest BCUT2D eigenvalue weighted by atomic mass is 10.1. The summed E-state index contributed by atoms with van der Waals surface area (Å²) in [4.78, 5) is 12.5. The molecule has 1 aliphatic heterocycles. The van der Waals surface area contributed by atoms with Crippen molar-refractivity contribution in [1.29, 1.82) is 0 Å². The normalized spacial score (nSPS) is 14.6. The second-order valence-corrected chi connectivity index (χ2v) is 9.33. The standard InChI is InChI=1S/C23H30N2O4S/c1-3-18-7-9-19(10-8-18)11-14-23(26)24-20-12-13-21(29-4-2)22(17-20)30(27,28)25-15-5-6-16-25/h7-10,12-13,17H,3-6,11,14-16H2,1-2H3,(H,24,26). The van der Waals surface area contributed by atoms with Crippen molar-refractivity contribution < 1.29 is 17.9 Å². The van der Waals surface area contributed by atoms with Gasteiger partial charge in [0.05, 0.1) is 6.61 Å². The molecule has 30 heavy (non-hydrogen) atoms. The molecule has 3 rings (SSSR count). The van der Waals surface area contributed by atoms with Gasteiger partial charge < -0.3 is 10.1 Å². The molecule has 2 aromatic rings. The Balaban J connectivity index is 1.71. The van der Waals surface area contributed by atoms with Crippen molar-refractivity contribution in [3.05, 3.63) is 53.6 Å². The fourth-order valence-electron chi connectivity index (χ4n) is 3.55. The SMILES string of the molecule is CCOc1ccc(NC(=O)CCc2ccc(CC)cc2)cc1S(=O)(=O)N1CCCC1. The molecule has 1 heterocycles. The van der Waals surface area contributed by atoms with E-state index in [-0.39, 0.29) is 10.8 Å². The number of rotatable bonds is 9. The number of hydrogen-bond donors (Lipinski definition) is 1. The fourth-order valence-corrected chi connectivity index (χ4v) is 5.23. The number of nitrogens with zero attached hydrogens (tertiary/aromatic N) is 1. The van der Waals surface area contributed by atoms with Crippen molar-refractivity contribution in [2.75, 3.05) is 25.0 Å². The molecular weight excluding hydrogens is 400 g/mol. The summed E-state index contributed by atoms with van der Waals surface area (Å²) in [6.45, 7) is 5.32. The first-order chi connectivity index (χ1) is 14.4. The third-order valence-electron chi connectivity index (χ3n) is 5.28. The number of carbonyl (C=O) groups excluding carboxylic acids is 1. The van der Waals surface area contributed by atoms with Gasteiger partial charge in [-0.05, 0) is 61.9 Å². The van der Waals surface area contributed by atoms with Crippen molar-refractivity contribution in [2.45, 2.75) is 50.8 Å². The van der Waals surface area contributed by atoms with Crippen LogP contribution in [0.25, 0.3) is 0 Å². The number of anilines is 1. The maximum Gasteiger partial charge on any atom is 0.246 e. The molecule has 0 atom stereocenters. The van der Waals surface area contributed by atoms with Gasteiger partial charge in [-0.2, -0.15) is 4.31 Å². The Hall–Kier alpha value is -2.38. The predicted molar refractivity (Wildman–Crippen MR) is 118 cm³/mol. The molecule has 0 bridgehead atoms. The molecule has 0 radical (unpaired) electrons. The summed E-state index contributed by atoms with van der Waals surface area (Å²) in [5.41, 5.74) is 2.83. The highest BCUT2D eigenvalue weighted by Crippen LogP contribution is 2.31. The van der Waals surface area contributed by atoms with E-state index in [0.29, 0.717) is 44.0 Å². The molecule has 0 aliphatic carbocycles. The summed E-state index contributed by atoms with van der Waals surface area (Å²) >= 11 is 0. The maximum absolute atomic E-state index is 13.1. The third kappa shape index (κ3) is 5.40. The van der Waals surface area contributed by atoms with Crippen molar-refractivity contribution in [3.8, 4) is 5.75 Å². The first-order valence-corrected chi connectivity index (χ1v) is 12.0. The van der Waals surface area contributed by atoms with E-state index in [2.05, 4.69) is 24.4 Å². The summed E-state index contributed by atoms with van der Waals surface area (Å²) in [5, 5.41) is 2.83. The van der Waals surface area contributed by atoms with Gasteiger partial charge in [0.2, 0.25) is 15.9 Å². The first-order valence-electron chi connectivity index (χ1n) is 10.6. The highest BCUT2D eigenvalue weighted by molar-refractivity contribution is 7.89. The number of benzene rings is 2. The maximum atomic E-state index is 13.1. The Morgan fingerprint density at radius 1 is 1.03 bits per heavy atom. The van der Waals surface area contributed by atoms with Crippen LogP contribution in [-0.2, 0) is 27.7 Å². The summed E-state index contributed by atoms with van der Waals surface area (Å²) in [5.74, 6) is 0.168. The molecule has 1 aliphatic rings. The smallest absolute Gasteiger partial charge is 0.246 e. The Kier molecular flexibility index (Phi) is 7.50. The number of ether oxygens (including phenoxy) is 1. The molecule has 1 amide bonds. The average molecular weight is 431 g/mol. The molecule has 0 aromatic heterocycles. The van der Waals surface area contributed by atoms with E-state index in [0.717, 1.165) is 24.8 Å². The molecule has 1 N–H and O–H groups in total. The molecular formula is C23H30N2O4S. The second kappa shape index (κ2) is 10.1. The van der Waals surface area contributed by atoms with Crippen LogP contribution in [0, 0.1) is 0 Å². The molecule has 0 unspecified atom stereocenters. The summed E-state index contributed by atoms with van der Waals surface area (Å²) in [6.07, 6.45) is 3.66. The van der Waals surface area contributed by atoms with Crippen LogP contribution in [0.1, 0.15) is 44.2 Å². The monoisotopic (exact) mass is 430 g/mol. The Labute approximate surface area is 179 Å². The van der Waals surface area contributed by atoms with Gasteiger partial charge in [0, 0.05) is 25.2 Å². The van der Waals surface area contributed by atoms with Crippen LogP contribution in [0.2, 0.25) is 0 Å². The molecule has 2 aromatic carbocycles. The average Bonchev–Trinajstić information content (AvgIpc) is 3.30. The number of nitrogens with one attached hydrogen (secondary N) is 1. The number of sulfonamides is 1. The van der Waals surface area contributed by atoms with Crippen molar-refractivity contribution >= 4 is 21.6 Å². The van der Waals surface area contributed by atoms with Gasteiger partial charge in [-0.15, -0.1) is 0 Å². The lowest BCUT2D eigenvalue weighted by molar-refractivity contribution is -0.116. The van der Waals surface area contributed by atoms with Crippen LogP contribution in [-0.4, -0.2) is 38.3 Å². The topological polar surface area (TPSA) is 75.7 Å². The lowest BCUT2D eigenvalue weighted by Gasteiger charge is -2.19. The zero-order valence-corrected chi connectivity index (χ0v) is 18.5. The van der Waals surface area contributed by atoms with Crippen molar-refractivity contribution in [2.24, 2.45) is 0 Å². The van der Waals surface area contributed by atoms with Crippen LogP contribution in [0.15, 0.2) is 47.4 Å². The predicted octanol–water partition coefficient (Wildman–Crippen LogP) is 4.00. The quantitative estimate of drug-likeness (QED) is 0.652. The minimum atomic E-state index is -3.65. The van der Waals surface area contributed by atoms with Gasteiger partial charge in [-0.3, -0.25) is 4.79 Å². The number of amides is 1. The van der Waals surface area contributed by atoms with Crippen LogP contribution >= 0.6 is 0 Å². The van der Waals surface area contributed by atoms with Gasteiger partial charge in [-0.25, -0.2) is 8.42 Å². The van der Waals surface area contributed by atoms with Gasteiger partial charge in [0.1, 0.15) is 10.6 Å². The largest absolute Gasteiger partial charge is 0.492 e. The van der Waals surface area contributed by atoms with E-state index in [1.54, 1.807) is 12.1 Å². The lowest BCUT2D eigenvalue weighted by Crippen LogP contribution is -2.28. The molecule has 6 nitrogen and oxygen atoms in total. The minimum absolute atomic E-state index is 0.110. The fraction of sp³-hybridized carbons (Fsp3) is 0.435. The number of aryl methyl sites for hydroxylation is 2. The number of carbonyl (C=O) groups is 1. The van der Waals surface area contributed by atoms with Crippen LogP contribution in [0.4, 0.5) is 5.69 Å². The zero-order valence-electron chi connectivity index (χ0n) is 17.7. The minimum Gasteiger partial charge on any atom is -0.492 e. The Bertz CT molecular complexity index is 965. The van der Waals surface area contributed by atoms with Gasteiger partial charge in [0.25, 0.3) is 0 Å². The van der Waals surface area contributed by atoms with Gasteiger partial charge in [0.15, 0.2) is 0 Å². The molecule has 7 heteroatoms. The van der Waals surface area contributed by atoms with Crippen molar-refractivity contribution in [1.82, 2.24) is 4.31 Å². The molecule has 1 fully saturated rings. The van der Waals surface area contributed by atoms with E-state index in [1.165, 1.54) is 15.9 Å². The van der Waals surface area contributed by atoms with Crippen LogP contribution in [0.3, 0.4) is 0 Å². The highest BCUT2D eigenvalue weighted by Gasteiger charge is 2.30. The molecule has 162 valence electrons. The Morgan fingerprint density at radius 2 is 1.70 bits per heavy atom. The third-order valence-corrected chi connectivity index (χ3v) is 7.20. The molecule has 0 spiro atoms. The van der Waals surface area contributed by atoms with Gasteiger partial charge in [-0.1, -0.05) is 31.2 Å². The van der Waals surface area contributed by atoms with Crippen LogP contribution in [0.5, 0.6) is 5.75 Å². The van der Waals surface area contributed by atoms with E-state index in [4.69, 9.17) is 4.74 Å². The van der Waals surface area contributed by atoms with Crippen molar-refractivity contribution in [3.63, 3.8) is 0 Å². The summed E-state index contributed by atoms with van der Waals surface area (Å²) in [6, 6.07) is 13.1. The van der Waals surface area contributed by atoms with E-state index >= 15 is 0 Å². The number of hydrogen-bond acceptors (Lipinski definition) is 4. The summed E-state index contributed by atoms with van der Waals surface area (Å²) < 4.78 is 33.2. The summed E-state index contributed by atoms with van der Waals surface area (Å²) in [7, 11) is -3.65. The zero-order chi connectivity index (χ0) is 21.6. The Morgan fingerprint density at radius 3 is 2.33 bits per heavy atom. The van der Waals surface area contributed by atoms with Gasteiger partial charge >= 0.3 is 0 Å². The molecule has 0 saturated carbocycles. The van der Waals surface area contributed by atoms with E-state index in [1.807, 2.05) is 19.1 Å². The van der Waals surface area contributed by atoms with Crippen LogP contribution < -0.4 is 10.1 Å². The highest BCUT2D eigenvalue weighted by atomic mass is 32.2. The molecule has 1 saturated heterocycles. The van der Waals surface area contributed by atoms with E-state index in [9.17, 15) is 13.2 Å². The second-order valence-electron chi connectivity index (χ2n) is 7.42. The van der Waals surface area contributed by atoms with E-state index < -0.39 is 10.0 Å². The first kappa shape index (κ1) is 22.3.